The minimum absolute atomic E-state index is 0.113. The number of aliphatic carboxylic acids is 2. The molecule has 2 aromatic carbocycles. The van der Waals surface area contributed by atoms with Crippen molar-refractivity contribution in [3.8, 4) is 11.1 Å². The van der Waals surface area contributed by atoms with Crippen molar-refractivity contribution in [3.63, 3.8) is 0 Å². The third kappa shape index (κ3) is 5.40. The molecule has 1 amide bonds. The number of aliphatic hydroxyl groups is 1. The summed E-state index contributed by atoms with van der Waals surface area (Å²) in [6, 6.07) is 16.5. The standard InChI is InChI=1S/C21H23NO6/c1-21(13-23,20(27)28)12-17(22-18(24)19(25)26)11-14-7-9-16(10-8-14)15-5-3-2-4-6-15/h2-10,17,23H,11-13H2,1H3,(H,22,24)(H,25,26)(H,27,28)/t17-,21?/m1/s1. The van der Waals surface area contributed by atoms with Crippen molar-refractivity contribution < 1.29 is 29.7 Å². The first-order valence-corrected chi connectivity index (χ1v) is 8.77. The van der Waals surface area contributed by atoms with E-state index < -0.39 is 35.9 Å². The fourth-order valence-corrected chi connectivity index (χ4v) is 2.93. The SMILES string of the molecule is CC(CO)(C[C@@H](Cc1ccc(-c2ccccc2)cc1)NC(=O)C(=O)O)C(=O)O. The van der Waals surface area contributed by atoms with Crippen LogP contribution in [0.3, 0.4) is 0 Å². The van der Waals surface area contributed by atoms with Gasteiger partial charge in [-0.1, -0.05) is 54.6 Å². The largest absolute Gasteiger partial charge is 0.481 e. The lowest BCUT2D eigenvalue weighted by molar-refractivity contribution is -0.152. The molecule has 148 valence electrons. The van der Waals surface area contributed by atoms with Crippen molar-refractivity contribution >= 4 is 17.8 Å². The first-order valence-electron chi connectivity index (χ1n) is 8.77. The minimum Gasteiger partial charge on any atom is -0.481 e. The Bertz CT molecular complexity index is 834. The maximum atomic E-state index is 11.6. The maximum Gasteiger partial charge on any atom is 0.394 e. The van der Waals surface area contributed by atoms with Gasteiger partial charge < -0.3 is 20.6 Å². The molecule has 0 aliphatic rings. The summed E-state index contributed by atoms with van der Waals surface area (Å²) in [6.07, 6.45) is 0.120. The number of carboxylic acids is 2. The van der Waals surface area contributed by atoms with Gasteiger partial charge in [-0.2, -0.15) is 0 Å². The van der Waals surface area contributed by atoms with Gasteiger partial charge >= 0.3 is 17.8 Å². The maximum absolute atomic E-state index is 11.6. The zero-order valence-electron chi connectivity index (χ0n) is 15.5. The van der Waals surface area contributed by atoms with Gasteiger partial charge in [-0.15, -0.1) is 0 Å². The quantitative estimate of drug-likeness (QED) is 0.515. The topological polar surface area (TPSA) is 124 Å². The molecule has 0 saturated heterocycles. The average molecular weight is 385 g/mol. The van der Waals surface area contributed by atoms with E-state index in [9.17, 15) is 24.6 Å². The Morgan fingerprint density at radius 1 is 0.964 bits per heavy atom. The van der Waals surface area contributed by atoms with Gasteiger partial charge in [0.1, 0.15) is 0 Å². The lowest BCUT2D eigenvalue weighted by Crippen LogP contribution is -2.46. The van der Waals surface area contributed by atoms with Crippen molar-refractivity contribution in [1.82, 2.24) is 5.32 Å². The molecule has 7 heteroatoms. The minimum atomic E-state index is -1.65. The predicted molar refractivity (Wildman–Crippen MR) is 103 cm³/mol. The highest BCUT2D eigenvalue weighted by atomic mass is 16.4. The number of aliphatic hydroxyl groups excluding tert-OH is 1. The molecule has 0 fully saturated rings. The van der Waals surface area contributed by atoms with Crippen LogP contribution in [0.25, 0.3) is 11.1 Å². The summed E-state index contributed by atoms with van der Waals surface area (Å²) >= 11 is 0. The second kappa shape index (κ2) is 9.14. The third-order valence-electron chi connectivity index (χ3n) is 4.63. The number of carbonyl (C=O) groups excluding carboxylic acids is 1. The molecule has 0 saturated carbocycles. The molecule has 2 aromatic rings. The van der Waals surface area contributed by atoms with E-state index in [-0.39, 0.29) is 12.8 Å². The Hall–Kier alpha value is -3.19. The van der Waals surface area contributed by atoms with Gasteiger partial charge in [0.2, 0.25) is 0 Å². The van der Waals surface area contributed by atoms with Crippen molar-refractivity contribution in [2.24, 2.45) is 5.41 Å². The number of carboxylic acid groups (broad SMARTS) is 2. The van der Waals surface area contributed by atoms with Crippen LogP contribution in [0.2, 0.25) is 0 Å². The number of hydrogen-bond acceptors (Lipinski definition) is 4. The number of hydrogen-bond donors (Lipinski definition) is 4. The molecule has 4 N–H and O–H groups in total. The van der Waals surface area contributed by atoms with Gasteiger partial charge in [0, 0.05) is 6.04 Å². The van der Waals surface area contributed by atoms with Gasteiger partial charge in [-0.05, 0) is 36.5 Å². The van der Waals surface area contributed by atoms with Crippen LogP contribution in [0.15, 0.2) is 54.6 Å². The molecule has 7 nitrogen and oxygen atoms in total. The Kier molecular flexibility index (Phi) is 6.89. The van der Waals surface area contributed by atoms with E-state index in [0.29, 0.717) is 0 Å². The highest BCUT2D eigenvalue weighted by Crippen LogP contribution is 2.25. The van der Waals surface area contributed by atoms with E-state index in [0.717, 1.165) is 16.7 Å². The summed E-state index contributed by atoms with van der Waals surface area (Å²) < 4.78 is 0. The molecule has 0 aliphatic heterocycles. The van der Waals surface area contributed by atoms with Gasteiger partial charge in [0.25, 0.3) is 0 Å². The van der Waals surface area contributed by atoms with Crippen LogP contribution in [0, 0.1) is 5.41 Å². The molecule has 0 aliphatic carbocycles. The van der Waals surface area contributed by atoms with Crippen LogP contribution >= 0.6 is 0 Å². The van der Waals surface area contributed by atoms with Gasteiger partial charge in [-0.25, -0.2) is 4.79 Å². The van der Waals surface area contributed by atoms with Crippen molar-refractivity contribution in [2.45, 2.75) is 25.8 Å². The summed E-state index contributed by atoms with van der Waals surface area (Å²) in [4.78, 5) is 34.0. The molecule has 1 unspecified atom stereocenters. The average Bonchev–Trinajstić information content (AvgIpc) is 2.68. The van der Waals surface area contributed by atoms with Crippen LogP contribution in [-0.2, 0) is 20.8 Å². The predicted octanol–water partition coefficient (Wildman–Crippen LogP) is 1.94. The first kappa shape index (κ1) is 21.1. The van der Waals surface area contributed by atoms with E-state index in [1.807, 2.05) is 54.6 Å². The smallest absolute Gasteiger partial charge is 0.394 e. The van der Waals surface area contributed by atoms with Crippen molar-refractivity contribution in [3.05, 3.63) is 60.2 Å². The van der Waals surface area contributed by atoms with E-state index in [1.165, 1.54) is 6.92 Å². The third-order valence-corrected chi connectivity index (χ3v) is 4.63. The number of amides is 1. The molecule has 2 atom stereocenters. The Balaban J connectivity index is 2.20. The van der Waals surface area contributed by atoms with Crippen LogP contribution in [0.4, 0.5) is 0 Å². The number of carbonyl (C=O) groups is 3. The first-order chi connectivity index (χ1) is 13.2. The van der Waals surface area contributed by atoms with Crippen molar-refractivity contribution in [2.75, 3.05) is 6.61 Å². The molecule has 0 heterocycles. The fourth-order valence-electron chi connectivity index (χ4n) is 2.93. The van der Waals surface area contributed by atoms with E-state index in [4.69, 9.17) is 5.11 Å². The summed E-state index contributed by atoms with van der Waals surface area (Å²) in [5, 5.41) is 30.0. The fraction of sp³-hybridized carbons (Fsp3) is 0.286. The van der Waals surface area contributed by atoms with Gasteiger partial charge in [0.15, 0.2) is 0 Å². The highest BCUT2D eigenvalue weighted by Gasteiger charge is 2.36. The van der Waals surface area contributed by atoms with Gasteiger partial charge in [0.05, 0.1) is 12.0 Å². The van der Waals surface area contributed by atoms with E-state index in [1.54, 1.807) is 0 Å². The van der Waals surface area contributed by atoms with Crippen LogP contribution in [-0.4, -0.2) is 45.8 Å². The lowest BCUT2D eigenvalue weighted by Gasteiger charge is -2.28. The van der Waals surface area contributed by atoms with E-state index in [2.05, 4.69) is 5.32 Å². The summed E-state index contributed by atoms with van der Waals surface area (Å²) in [7, 11) is 0. The molecule has 0 bridgehead atoms. The summed E-state index contributed by atoms with van der Waals surface area (Å²) in [5.41, 5.74) is 1.35. The molecule has 0 spiro atoms. The van der Waals surface area contributed by atoms with Gasteiger partial charge in [-0.3, -0.25) is 9.59 Å². The Morgan fingerprint density at radius 3 is 2.04 bits per heavy atom. The second-order valence-electron chi connectivity index (χ2n) is 6.97. The summed E-state index contributed by atoms with van der Waals surface area (Å²) in [5.74, 6) is -4.08. The molecular formula is C21H23NO6. The van der Waals surface area contributed by atoms with Crippen LogP contribution < -0.4 is 5.32 Å². The summed E-state index contributed by atoms with van der Waals surface area (Å²) in [6.45, 7) is 0.725. The highest BCUT2D eigenvalue weighted by molar-refractivity contribution is 6.31. The van der Waals surface area contributed by atoms with E-state index >= 15 is 0 Å². The monoisotopic (exact) mass is 385 g/mol. The number of benzene rings is 2. The lowest BCUT2D eigenvalue weighted by atomic mass is 9.82. The van der Waals surface area contributed by atoms with Crippen LogP contribution in [0.1, 0.15) is 18.9 Å². The Labute approximate surface area is 162 Å². The second-order valence-corrected chi connectivity index (χ2v) is 6.97. The van der Waals surface area contributed by atoms with Crippen LogP contribution in [0.5, 0.6) is 0 Å². The zero-order valence-corrected chi connectivity index (χ0v) is 15.5. The van der Waals surface area contributed by atoms with Crippen molar-refractivity contribution in [1.29, 1.82) is 0 Å². The molecular weight excluding hydrogens is 362 g/mol. The normalized spacial score (nSPS) is 13.9. The molecule has 0 radical (unpaired) electrons. The molecule has 28 heavy (non-hydrogen) atoms. The number of rotatable bonds is 8. The zero-order chi connectivity index (χ0) is 20.7. The number of nitrogens with one attached hydrogen (secondary N) is 1. The molecule has 2 rings (SSSR count). The molecule has 0 aromatic heterocycles. The Morgan fingerprint density at radius 2 is 1.54 bits per heavy atom.